The molecule has 2 atom stereocenters. The summed E-state index contributed by atoms with van der Waals surface area (Å²) in [7, 11) is 1.39. The SMILES string of the molecule is COC(=O)C[C@]1(CN=C=O)CC[C@@H](C)C1. The maximum atomic E-state index is 11.3. The van der Waals surface area contributed by atoms with Crippen molar-refractivity contribution in [2.24, 2.45) is 16.3 Å². The molecule has 1 aliphatic rings. The minimum absolute atomic E-state index is 0.163. The summed E-state index contributed by atoms with van der Waals surface area (Å²) in [6.45, 7) is 2.56. The highest BCUT2D eigenvalue weighted by molar-refractivity contribution is 5.70. The van der Waals surface area contributed by atoms with Crippen LogP contribution in [0.15, 0.2) is 4.99 Å². The zero-order valence-electron chi connectivity index (χ0n) is 9.28. The minimum Gasteiger partial charge on any atom is -0.469 e. The molecule has 15 heavy (non-hydrogen) atoms. The third-order valence-corrected chi connectivity index (χ3v) is 3.17. The molecule has 0 unspecified atom stereocenters. The van der Waals surface area contributed by atoms with Crippen LogP contribution < -0.4 is 0 Å². The van der Waals surface area contributed by atoms with Crippen molar-refractivity contribution >= 4 is 12.0 Å². The van der Waals surface area contributed by atoms with Crippen molar-refractivity contribution in [2.45, 2.75) is 32.6 Å². The van der Waals surface area contributed by atoms with Gasteiger partial charge in [-0.1, -0.05) is 13.3 Å². The molecule has 0 amide bonds. The van der Waals surface area contributed by atoms with Crippen molar-refractivity contribution in [1.82, 2.24) is 0 Å². The number of methoxy groups -OCH3 is 1. The Balaban J connectivity index is 2.68. The van der Waals surface area contributed by atoms with Crippen molar-refractivity contribution in [3.63, 3.8) is 0 Å². The highest BCUT2D eigenvalue weighted by atomic mass is 16.5. The van der Waals surface area contributed by atoms with E-state index >= 15 is 0 Å². The third-order valence-electron chi connectivity index (χ3n) is 3.17. The van der Waals surface area contributed by atoms with E-state index in [-0.39, 0.29) is 11.4 Å². The van der Waals surface area contributed by atoms with Gasteiger partial charge in [0.05, 0.1) is 20.1 Å². The number of hydrogen-bond donors (Lipinski definition) is 0. The molecule has 4 heteroatoms. The van der Waals surface area contributed by atoms with Crippen molar-refractivity contribution in [3.05, 3.63) is 0 Å². The van der Waals surface area contributed by atoms with Gasteiger partial charge in [-0.15, -0.1) is 0 Å². The molecule has 0 aromatic rings. The van der Waals surface area contributed by atoms with E-state index < -0.39 is 0 Å². The summed E-state index contributed by atoms with van der Waals surface area (Å²) in [5, 5.41) is 0. The average molecular weight is 211 g/mol. The molecule has 0 aromatic heterocycles. The van der Waals surface area contributed by atoms with E-state index in [0.29, 0.717) is 18.9 Å². The lowest BCUT2D eigenvalue weighted by Gasteiger charge is -2.25. The van der Waals surface area contributed by atoms with Gasteiger partial charge in [0.2, 0.25) is 6.08 Å². The fourth-order valence-electron chi connectivity index (χ4n) is 2.43. The van der Waals surface area contributed by atoms with Crippen LogP contribution in [0.4, 0.5) is 0 Å². The van der Waals surface area contributed by atoms with E-state index in [1.807, 2.05) is 0 Å². The Bertz CT molecular complexity index is 284. The highest BCUT2D eigenvalue weighted by Gasteiger charge is 2.39. The summed E-state index contributed by atoms with van der Waals surface area (Å²) in [5.74, 6) is 0.377. The van der Waals surface area contributed by atoms with E-state index in [1.54, 1.807) is 6.08 Å². The molecule has 0 radical (unpaired) electrons. The van der Waals surface area contributed by atoms with E-state index in [1.165, 1.54) is 7.11 Å². The molecule has 1 fully saturated rings. The Labute approximate surface area is 89.7 Å². The van der Waals surface area contributed by atoms with Crippen molar-refractivity contribution in [3.8, 4) is 0 Å². The number of isocyanates is 1. The Hall–Kier alpha value is -1.15. The molecule has 0 saturated heterocycles. The second kappa shape index (κ2) is 5.08. The topological polar surface area (TPSA) is 55.7 Å². The first-order valence-corrected chi connectivity index (χ1v) is 5.22. The van der Waals surface area contributed by atoms with Gasteiger partial charge in [0, 0.05) is 5.41 Å². The lowest BCUT2D eigenvalue weighted by Crippen LogP contribution is -2.25. The zero-order valence-corrected chi connectivity index (χ0v) is 9.28. The molecule has 1 aliphatic carbocycles. The fraction of sp³-hybridized carbons (Fsp3) is 0.818. The summed E-state index contributed by atoms with van der Waals surface area (Å²) >= 11 is 0. The first-order chi connectivity index (χ1) is 7.12. The second-order valence-corrected chi connectivity index (χ2v) is 4.51. The molecular formula is C11H17NO3. The van der Waals surface area contributed by atoms with E-state index in [4.69, 9.17) is 0 Å². The molecule has 1 rings (SSSR count). The Morgan fingerprint density at radius 3 is 2.87 bits per heavy atom. The van der Waals surface area contributed by atoms with E-state index in [2.05, 4.69) is 16.7 Å². The van der Waals surface area contributed by atoms with Gasteiger partial charge in [0.25, 0.3) is 0 Å². The van der Waals surface area contributed by atoms with Crippen LogP contribution in [-0.4, -0.2) is 25.7 Å². The second-order valence-electron chi connectivity index (χ2n) is 4.51. The Morgan fingerprint density at radius 1 is 1.67 bits per heavy atom. The fourth-order valence-corrected chi connectivity index (χ4v) is 2.43. The van der Waals surface area contributed by atoms with Crippen LogP contribution in [0.2, 0.25) is 0 Å². The van der Waals surface area contributed by atoms with Crippen LogP contribution in [-0.2, 0) is 14.3 Å². The third kappa shape index (κ3) is 3.17. The number of carbonyl (C=O) groups is 1. The molecule has 0 aromatic carbocycles. The monoisotopic (exact) mass is 211 g/mol. The van der Waals surface area contributed by atoms with Gasteiger partial charge in [-0.25, -0.2) is 9.79 Å². The van der Waals surface area contributed by atoms with Crippen LogP contribution in [0.3, 0.4) is 0 Å². The largest absolute Gasteiger partial charge is 0.469 e. The molecule has 0 heterocycles. The van der Waals surface area contributed by atoms with Crippen LogP contribution in [0.25, 0.3) is 0 Å². The molecule has 0 N–H and O–H groups in total. The molecule has 0 spiro atoms. The zero-order chi connectivity index (χ0) is 11.3. The summed E-state index contributed by atoms with van der Waals surface area (Å²) in [5.41, 5.74) is -0.163. The molecule has 1 saturated carbocycles. The molecule has 4 nitrogen and oxygen atoms in total. The standard InChI is InChI=1S/C11H17NO3/c1-9-3-4-11(5-9,7-12-8-13)6-10(14)15-2/h9H,3-7H2,1-2H3/t9-,11+/m1/s1. The first kappa shape index (κ1) is 11.9. The molecule has 0 aliphatic heterocycles. The lowest BCUT2D eigenvalue weighted by atomic mass is 9.82. The van der Waals surface area contributed by atoms with E-state index in [9.17, 15) is 9.59 Å². The Kier molecular flexibility index (Phi) is 4.04. The first-order valence-electron chi connectivity index (χ1n) is 5.22. The Morgan fingerprint density at radius 2 is 2.40 bits per heavy atom. The summed E-state index contributed by atoms with van der Waals surface area (Å²) in [4.78, 5) is 25.0. The number of ether oxygens (including phenoxy) is 1. The van der Waals surface area contributed by atoms with Crippen LogP contribution in [0.1, 0.15) is 32.6 Å². The summed E-state index contributed by atoms with van der Waals surface area (Å²) < 4.78 is 4.67. The average Bonchev–Trinajstić information content (AvgIpc) is 2.57. The normalized spacial score (nSPS) is 29.6. The van der Waals surface area contributed by atoms with Gasteiger partial charge in [0.1, 0.15) is 0 Å². The van der Waals surface area contributed by atoms with Gasteiger partial charge in [0.15, 0.2) is 0 Å². The minimum atomic E-state index is -0.217. The van der Waals surface area contributed by atoms with Gasteiger partial charge in [-0.2, -0.15) is 0 Å². The lowest BCUT2D eigenvalue weighted by molar-refractivity contribution is -0.143. The van der Waals surface area contributed by atoms with Crippen molar-refractivity contribution in [2.75, 3.05) is 13.7 Å². The van der Waals surface area contributed by atoms with Crippen LogP contribution in [0, 0.1) is 11.3 Å². The molecule has 84 valence electrons. The van der Waals surface area contributed by atoms with Crippen molar-refractivity contribution < 1.29 is 14.3 Å². The smallest absolute Gasteiger partial charge is 0.306 e. The summed E-state index contributed by atoms with van der Waals surface area (Å²) in [6.07, 6.45) is 4.87. The quantitative estimate of drug-likeness (QED) is 0.404. The number of nitrogens with zero attached hydrogens (tertiary/aromatic N) is 1. The number of carbonyl (C=O) groups excluding carboxylic acids is 2. The van der Waals surface area contributed by atoms with Gasteiger partial charge < -0.3 is 4.74 Å². The summed E-state index contributed by atoms with van der Waals surface area (Å²) in [6, 6.07) is 0. The van der Waals surface area contributed by atoms with Gasteiger partial charge >= 0.3 is 5.97 Å². The molecule has 0 bridgehead atoms. The number of esters is 1. The number of aliphatic imine (C=N–C) groups is 1. The van der Waals surface area contributed by atoms with Crippen LogP contribution >= 0.6 is 0 Å². The van der Waals surface area contributed by atoms with E-state index in [0.717, 1.165) is 19.3 Å². The predicted octanol–water partition coefficient (Wildman–Crippen LogP) is 1.69. The number of hydrogen-bond acceptors (Lipinski definition) is 4. The van der Waals surface area contributed by atoms with Gasteiger partial charge in [-0.05, 0) is 18.8 Å². The van der Waals surface area contributed by atoms with Crippen LogP contribution in [0.5, 0.6) is 0 Å². The molecular weight excluding hydrogens is 194 g/mol. The predicted molar refractivity (Wildman–Crippen MR) is 55.1 cm³/mol. The maximum absolute atomic E-state index is 11.3. The maximum Gasteiger partial charge on any atom is 0.306 e. The highest BCUT2D eigenvalue weighted by Crippen LogP contribution is 2.44. The number of rotatable bonds is 4. The van der Waals surface area contributed by atoms with Crippen molar-refractivity contribution in [1.29, 1.82) is 0 Å². The van der Waals surface area contributed by atoms with Gasteiger partial charge in [-0.3, -0.25) is 4.79 Å².